The molecule has 7 heteroatoms. The number of hydrogen-bond donors (Lipinski definition) is 2. The molecule has 0 atom stereocenters. The van der Waals surface area contributed by atoms with E-state index >= 15 is 0 Å². The van der Waals surface area contributed by atoms with Gasteiger partial charge in [-0.1, -0.05) is 18.3 Å². The second-order valence-corrected chi connectivity index (χ2v) is 3.93. The molecule has 0 unspecified atom stereocenters. The third kappa shape index (κ3) is 3.01. The number of carbonyl (C=O) groups is 2. The summed E-state index contributed by atoms with van der Waals surface area (Å²) in [6, 6.07) is 0. The number of carboxylic acid groups (broad SMARTS) is 1. The van der Waals surface area contributed by atoms with Gasteiger partial charge in [0.2, 0.25) is 0 Å². The molecule has 88 valence electrons. The van der Waals surface area contributed by atoms with Gasteiger partial charge in [-0.05, 0) is 6.42 Å². The van der Waals surface area contributed by atoms with E-state index in [1.54, 1.807) is 0 Å². The van der Waals surface area contributed by atoms with Crippen molar-refractivity contribution in [2.24, 2.45) is 0 Å². The predicted molar refractivity (Wildman–Crippen MR) is 59.0 cm³/mol. The van der Waals surface area contributed by atoms with Crippen LogP contribution in [-0.2, 0) is 16.0 Å². The highest BCUT2D eigenvalue weighted by molar-refractivity contribution is 7.17. The second kappa shape index (κ2) is 5.57. The number of hydrogen-bond acceptors (Lipinski definition) is 5. The smallest absolute Gasteiger partial charge is 0.347 e. The number of thiazole rings is 1. The maximum Gasteiger partial charge on any atom is 0.347 e. The largest absolute Gasteiger partial charge is 0.477 e. The number of carboxylic acids is 1. The number of aromatic carboxylic acids is 1. The Bertz CT molecular complexity index is 402. The molecule has 16 heavy (non-hydrogen) atoms. The van der Waals surface area contributed by atoms with E-state index in [-0.39, 0.29) is 22.5 Å². The number of aryl methyl sites for hydroxylation is 1. The van der Waals surface area contributed by atoms with Crippen LogP contribution in [0, 0.1) is 0 Å². The molecule has 0 radical (unpaired) electrons. The zero-order valence-corrected chi connectivity index (χ0v) is 9.76. The van der Waals surface area contributed by atoms with Crippen molar-refractivity contribution >= 4 is 28.3 Å². The predicted octanol–water partition coefficient (Wildman–Crippen LogP) is 0.989. The van der Waals surface area contributed by atoms with Crippen LogP contribution in [0.2, 0.25) is 0 Å². The summed E-state index contributed by atoms with van der Waals surface area (Å²) in [6.07, 6.45) is 0.512. The van der Waals surface area contributed by atoms with E-state index in [0.717, 1.165) is 11.3 Å². The van der Waals surface area contributed by atoms with Crippen LogP contribution in [-0.4, -0.2) is 35.7 Å². The zero-order valence-electron chi connectivity index (χ0n) is 8.94. The van der Waals surface area contributed by atoms with Gasteiger partial charge in [0.1, 0.15) is 11.5 Å². The monoisotopic (exact) mass is 244 g/mol. The molecule has 0 saturated heterocycles. The van der Waals surface area contributed by atoms with Crippen molar-refractivity contribution in [1.29, 1.82) is 0 Å². The van der Waals surface area contributed by atoms with E-state index in [1.807, 2.05) is 6.92 Å². The first-order chi connectivity index (χ1) is 7.58. The number of nitrogens with zero attached hydrogens (tertiary/aromatic N) is 1. The molecule has 6 nitrogen and oxygen atoms in total. The molecule has 1 amide bonds. The second-order valence-electron chi connectivity index (χ2n) is 2.93. The Morgan fingerprint density at radius 1 is 1.56 bits per heavy atom. The lowest BCUT2D eigenvalue weighted by atomic mass is 10.3. The van der Waals surface area contributed by atoms with Gasteiger partial charge in [0, 0.05) is 7.11 Å². The lowest BCUT2D eigenvalue weighted by Crippen LogP contribution is -2.16. The quantitative estimate of drug-likeness (QED) is 0.806. The minimum absolute atomic E-state index is 0.0799. The zero-order chi connectivity index (χ0) is 12.1. The van der Waals surface area contributed by atoms with Crippen LogP contribution in [0.4, 0.5) is 5.13 Å². The van der Waals surface area contributed by atoms with Gasteiger partial charge in [0.15, 0.2) is 5.13 Å². The standard InChI is InChI=1S/C9H12N2O4S/c1-3-5-7(8(13)14)16-9(10-5)11-6(12)4-15-2/h3-4H2,1-2H3,(H,13,14)(H,10,11,12). The number of amides is 1. The van der Waals surface area contributed by atoms with Gasteiger partial charge < -0.3 is 9.84 Å². The van der Waals surface area contributed by atoms with Crippen LogP contribution in [0.1, 0.15) is 22.3 Å². The molecular formula is C9H12N2O4S. The van der Waals surface area contributed by atoms with Crippen LogP contribution in [0.15, 0.2) is 0 Å². The normalized spacial score (nSPS) is 10.1. The molecule has 0 aliphatic heterocycles. The summed E-state index contributed by atoms with van der Waals surface area (Å²) in [5, 5.41) is 11.6. The third-order valence-corrected chi connectivity index (χ3v) is 2.75. The first kappa shape index (κ1) is 12.6. The van der Waals surface area contributed by atoms with Gasteiger partial charge in [-0.25, -0.2) is 9.78 Å². The number of carbonyl (C=O) groups excluding carboxylic acids is 1. The van der Waals surface area contributed by atoms with Gasteiger partial charge in [0.05, 0.1) is 5.69 Å². The Morgan fingerprint density at radius 3 is 2.69 bits per heavy atom. The van der Waals surface area contributed by atoms with Crippen molar-refractivity contribution in [2.45, 2.75) is 13.3 Å². The lowest BCUT2D eigenvalue weighted by molar-refractivity contribution is -0.119. The molecule has 1 aromatic rings. The van der Waals surface area contributed by atoms with Gasteiger partial charge in [-0.2, -0.15) is 0 Å². The molecule has 2 N–H and O–H groups in total. The summed E-state index contributed by atoms with van der Waals surface area (Å²) in [5.41, 5.74) is 0.477. The van der Waals surface area contributed by atoms with Crippen molar-refractivity contribution in [3.8, 4) is 0 Å². The summed E-state index contributed by atoms with van der Waals surface area (Å²) in [7, 11) is 1.40. The molecule has 0 aliphatic rings. The topological polar surface area (TPSA) is 88.5 Å². The van der Waals surface area contributed by atoms with Crippen molar-refractivity contribution in [1.82, 2.24) is 4.98 Å². The highest BCUT2D eigenvalue weighted by Gasteiger charge is 2.16. The molecule has 0 bridgehead atoms. The van der Waals surface area contributed by atoms with Crippen molar-refractivity contribution in [3.63, 3.8) is 0 Å². The maximum absolute atomic E-state index is 11.2. The molecule has 0 aromatic carbocycles. The molecule has 0 aliphatic carbocycles. The Kier molecular flexibility index (Phi) is 4.39. The van der Waals surface area contributed by atoms with E-state index in [2.05, 4.69) is 15.0 Å². The summed E-state index contributed by atoms with van der Waals surface area (Å²) in [5.74, 6) is -1.38. The Morgan fingerprint density at radius 2 is 2.25 bits per heavy atom. The molecule has 0 saturated carbocycles. The van der Waals surface area contributed by atoms with E-state index in [9.17, 15) is 9.59 Å². The number of anilines is 1. The number of methoxy groups -OCH3 is 1. The average molecular weight is 244 g/mol. The van der Waals surface area contributed by atoms with Crippen molar-refractivity contribution < 1.29 is 19.4 Å². The molecular weight excluding hydrogens is 232 g/mol. The molecule has 1 heterocycles. The summed E-state index contributed by atoms with van der Waals surface area (Å²) >= 11 is 0.948. The number of rotatable bonds is 5. The Labute approximate surface area is 96.3 Å². The van der Waals surface area contributed by atoms with Crippen LogP contribution in [0.3, 0.4) is 0 Å². The number of nitrogens with one attached hydrogen (secondary N) is 1. The van der Waals surface area contributed by atoms with E-state index in [4.69, 9.17) is 5.11 Å². The lowest BCUT2D eigenvalue weighted by Gasteiger charge is -1.98. The highest BCUT2D eigenvalue weighted by Crippen LogP contribution is 2.23. The summed E-state index contributed by atoms with van der Waals surface area (Å²) < 4.78 is 4.64. The first-order valence-electron chi connectivity index (χ1n) is 4.60. The molecule has 0 fully saturated rings. The minimum atomic E-state index is -1.03. The van der Waals surface area contributed by atoms with Gasteiger partial charge in [-0.15, -0.1) is 0 Å². The number of aromatic nitrogens is 1. The van der Waals surface area contributed by atoms with Crippen molar-refractivity contribution in [2.75, 3.05) is 19.0 Å². The third-order valence-electron chi connectivity index (χ3n) is 1.75. The fraction of sp³-hybridized carbons (Fsp3) is 0.444. The van der Waals surface area contributed by atoms with E-state index < -0.39 is 5.97 Å². The fourth-order valence-corrected chi connectivity index (χ4v) is 2.01. The minimum Gasteiger partial charge on any atom is -0.477 e. The fourth-order valence-electron chi connectivity index (χ4n) is 1.10. The molecule has 1 rings (SSSR count). The average Bonchev–Trinajstić information content (AvgIpc) is 2.61. The summed E-state index contributed by atoms with van der Waals surface area (Å²) in [6.45, 7) is 1.73. The van der Waals surface area contributed by atoms with Crippen LogP contribution in [0.5, 0.6) is 0 Å². The SMILES string of the molecule is CCc1nc(NC(=O)COC)sc1C(=O)O. The maximum atomic E-state index is 11.2. The Hall–Kier alpha value is -1.47. The Balaban J connectivity index is 2.82. The first-order valence-corrected chi connectivity index (χ1v) is 5.41. The van der Waals surface area contributed by atoms with E-state index in [0.29, 0.717) is 12.1 Å². The van der Waals surface area contributed by atoms with Gasteiger partial charge in [0.25, 0.3) is 5.91 Å². The van der Waals surface area contributed by atoms with Crippen LogP contribution < -0.4 is 5.32 Å². The van der Waals surface area contributed by atoms with Crippen LogP contribution in [0.25, 0.3) is 0 Å². The number of ether oxygens (including phenoxy) is 1. The van der Waals surface area contributed by atoms with Crippen LogP contribution >= 0.6 is 11.3 Å². The molecule has 0 spiro atoms. The van der Waals surface area contributed by atoms with E-state index in [1.165, 1.54) is 7.11 Å². The highest BCUT2D eigenvalue weighted by atomic mass is 32.1. The molecule has 1 aromatic heterocycles. The van der Waals surface area contributed by atoms with Gasteiger partial charge >= 0.3 is 5.97 Å². The van der Waals surface area contributed by atoms with Gasteiger partial charge in [-0.3, -0.25) is 10.1 Å². The van der Waals surface area contributed by atoms with Crippen molar-refractivity contribution in [3.05, 3.63) is 10.6 Å². The summed E-state index contributed by atoms with van der Waals surface area (Å²) in [4.78, 5) is 26.2.